The van der Waals surface area contributed by atoms with E-state index in [0.29, 0.717) is 0 Å². The SMILES string of the molecule is COc1ccccc1N1CCN(CCN2CCN(c3ccccc3OC)CC2)CC1. The molecule has 162 valence electrons. The lowest BCUT2D eigenvalue weighted by Crippen LogP contribution is -2.51. The van der Waals surface area contributed by atoms with Crippen LogP contribution in [0, 0.1) is 0 Å². The Labute approximate surface area is 180 Å². The maximum absolute atomic E-state index is 5.53. The van der Waals surface area contributed by atoms with Gasteiger partial charge in [0.1, 0.15) is 11.5 Å². The number of para-hydroxylation sites is 4. The topological polar surface area (TPSA) is 31.4 Å². The molecule has 0 bridgehead atoms. The van der Waals surface area contributed by atoms with Crippen LogP contribution in [0.3, 0.4) is 0 Å². The Balaban J connectivity index is 1.21. The molecule has 2 saturated heterocycles. The van der Waals surface area contributed by atoms with E-state index in [-0.39, 0.29) is 0 Å². The molecule has 6 nitrogen and oxygen atoms in total. The number of hydrogen-bond donors (Lipinski definition) is 0. The number of methoxy groups -OCH3 is 2. The fourth-order valence-corrected chi connectivity index (χ4v) is 4.49. The van der Waals surface area contributed by atoms with Crippen molar-refractivity contribution in [2.75, 3.05) is 89.5 Å². The van der Waals surface area contributed by atoms with E-state index in [1.807, 2.05) is 24.3 Å². The first-order valence-corrected chi connectivity index (χ1v) is 11.0. The molecule has 2 aromatic carbocycles. The summed E-state index contributed by atoms with van der Waals surface area (Å²) in [6.45, 7) is 11.0. The van der Waals surface area contributed by atoms with Crippen molar-refractivity contribution in [2.24, 2.45) is 0 Å². The Bertz CT molecular complexity index is 732. The zero-order valence-electron chi connectivity index (χ0n) is 18.3. The molecular weight excluding hydrogens is 376 g/mol. The standard InChI is InChI=1S/C24H34N4O2/c1-29-23-9-5-3-7-21(23)27-17-13-25(14-18-27)11-12-26-15-19-28(20-16-26)22-8-4-6-10-24(22)30-2/h3-10H,11-20H2,1-2H3. The van der Waals surface area contributed by atoms with E-state index in [0.717, 1.165) is 76.9 Å². The zero-order valence-corrected chi connectivity index (χ0v) is 18.3. The van der Waals surface area contributed by atoms with Gasteiger partial charge in [0.05, 0.1) is 25.6 Å². The van der Waals surface area contributed by atoms with Crippen LogP contribution in [0.2, 0.25) is 0 Å². The molecule has 0 aliphatic carbocycles. The van der Waals surface area contributed by atoms with Crippen LogP contribution in [0.5, 0.6) is 11.5 Å². The third-order valence-corrected chi connectivity index (χ3v) is 6.33. The number of hydrogen-bond acceptors (Lipinski definition) is 6. The lowest BCUT2D eigenvalue weighted by Gasteiger charge is -2.39. The molecule has 0 spiro atoms. The Morgan fingerprint density at radius 1 is 0.567 bits per heavy atom. The van der Waals surface area contributed by atoms with Crippen LogP contribution in [-0.4, -0.2) is 89.5 Å². The van der Waals surface area contributed by atoms with Gasteiger partial charge in [-0.15, -0.1) is 0 Å². The molecule has 0 N–H and O–H groups in total. The Morgan fingerprint density at radius 3 is 1.30 bits per heavy atom. The predicted octanol–water partition coefficient (Wildman–Crippen LogP) is 2.65. The van der Waals surface area contributed by atoms with Gasteiger partial charge in [-0.2, -0.15) is 0 Å². The highest BCUT2D eigenvalue weighted by atomic mass is 16.5. The van der Waals surface area contributed by atoms with Gasteiger partial charge in [-0.05, 0) is 24.3 Å². The van der Waals surface area contributed by atoms with Crippen LogP contribution in [-0.2, 0) is 0 Å². The van der Waals surface area contributed by atoms with Crippen molar-refractivity contribution < 1.29 is 9.47 Å². The summed E-state index contributed by atoms with van der Waals surface area (Å²) in [6, 6.07) is 16.7. The highest BCUT2D eigenvalue weighted by Crippen LogP contribution is 2.29. The minimum absolute atomic E-state index is 0.971. The quantitative estimate of drug-likeness (QED) is 0.698. The maximum Gasteiger partial charge on any atom is 0.142 e. The van der Waals surface area contributed by atoms with Gasteiger partial charge < -0.3 is 19.3 Å². The maximum atomic E-state index is 5.53. The lowest BCUT2D eigenvalue weighted by molar-refractivity contribution is 0.190. The Kier molecular flexibility index (Phi) is 6.97. The van der Waals surface area contributed by atoms with E-state index in [1.165, 1.54) is 11.4 Å². The van der Waals surface area contributed by atoms with E-state index in [4.69, 9.17) is 9.47 Å². The van der Waals surface area contributed by atoms with Crippen LogP contribution < -0.4 is 19.3 Å². The van der Waals surface area contributed by atoms with Crippen molar-refractivity contribution in [3.8, 4) is 11.5 Å². The molecule has 0 radical (unpaired) electrons. The summed E-state index contributed by atoms with van der Waals surface area (Å²) in [6.07, 6.45) is 0. The number of rotatable bonds is 7. The molecule has 4 rings (SSSR count). The zero-order chi connectivity index (χ0) is 20.8. The molecule has 0 atom stereocenters. The molecule has 0 saturated carbocycles. The number of ether oxygens (including phenoxy) is 2. The molecule has 2 aliphatic rings. The summed E-state index contributed by atoms with van der Waals surface area (Å²) < 4.78 is 11.1. The highest BCUT2D eigenvalue weighted by Gasteiger charge is 2.22. The second-order valence-corrected chi connectivity index (χ2v) is 8.00. The summed E-state index contributed by atoms with van der Waals surface area (Å²) >= 11 is 0. The molecule has 0 amide bonds. The monoisotopic (exact) mass is 410 g/mol. The van der Waals surface area contributed by atoms with E-state index in [2.05, 4.69) is 43.9 Å². The van der Waals surface area contributed by atoms with Crippen molar-refractivity contribution in [2.45, 2.75) is 0 Å². The molecule has 2 heterocycles. The van der Waals surface area contributed by atoms with E-state index < -0.39 is 0 Å². The van der Waals surface area contributed by atoms with Gasteiger partial charge in [0.25, 0.3) is 0 Å². The molecular formula is C24H34N4O2. The van der Waals surface area contributed by atoms with Crippen molar-refractivity contribution in [3.63, 3.8) is 0 Å². The smallest absolute Gasteiger partial charge is 0.142 e. The number of piperazine rings is 2. The summed E-state index contributed by atoms with van der Waals surface area (Å²) in [5.74, 6) is 1.94. The molecule has 30 heavy (non-hydrogen) atoms. The normalized spacial score (nSPS) is 18.5. The van der Waals surface area contributed by atoms with Crippen molar-refractivity contribution >= 4 is 11.4 Å². The van der Waals surface area contributed by atoms with Gasteiger partial charge in [0.2, 0.25) is 0 Å². The van der Waals surface area contributed by atoms with E-state index in [9.17, 15) is 0 Å². The van der Waals surface area contributed by atoms with Crippen LogP contribution in [0.25, 0.3) is 0 Å². The molecule has 0 aromatic heterocycles. The average Bonchev–Trinajstić information content (AvgIpc) is 2.83. The summed E-state index contributed by atoms with van der Waals surface area (Å²) in [7, 11) is 3.51. The predicted molar refractivity (Wildman–Crippen MR) is 123 cm³/mol. The number of anilines is 2. The largest absolute Gasteiger partial charge is 0.495 e. The van der Waals surface area contributed by atoms with Crippen molar-refractivity contribution in [1.29, 1.82) is 0 Å². The van der Waals surface area contributed by atoms with E-state index >= 15 is 0 Å². The highest BCUT2D eigenvalue weighted by molar-refractivity contribution is 5.59. The van der Waals surface area contributed by atoms with Gasteiger partial charge in [-0.1, -0.05) is 24.3 Å². The first-order chi connectivity index (χ1) is 14.8. The van der Waals surface area contributed by atoms with Crippen LogP contribution in [0.15, 0.2) is 48.5 Å². The van der Waals surface area contributed by atoms with Crippen molar-refractivity contribution in [3.05, 3.63) is 48.5 Å². The summed E-state index contributed by atoms with van der Waals surface area (Å²) in [5, 5.41) is 0. The molecule has 2 aromatic rings. The minimum Gasteiger partial charge on any atom is -0.495 e. The van der Waals surface area contributed by atoms with Crippen molar-refractivity contribution in [1.82, 2.24) is 9.80 Å². The lowest BCUT2D eigenvalue weighted by atomic mass is 10.2. The van der Waals surface area contributed by atoms with Gasteiger partial charge in [0, 0.05) is 65.4 Å². The second kappa shape index (κ2) is 10.0. The third-order valence-electron chi connectivity index (χ3n) is 6.33. The van der Waals surface area contributed by atoms with Crippen LogP contribution in [0.4, 0.5) is 11.4 Å². The molecule has 2 aliphatic heterocycles. The van der Waals surface area contributed by atoms with Crippen LogP contribution in [0.1, 0.15) is 0 Å². The first-order valence-electron chi connectivity index (χ1n) is 11.0. The first kappa shape index (κ1) is 20.8. The van der Waals surface area contributed by atoms with Gasteiger partial charge >= 0.3 is 0 Å². The second-order valence-electron chi connectivity index (χ2n) is 8.00. The summed E-state index contributed by atoms with van der Waals surface area (Å²) in [4.78, 5) is 10.1. The molecule has 2 fully saturated rings. The summed E-state index contributed by atoms with van der Waals surface area (Å²) in [5.41, 5.74) is 2.43. The molecule has 6 heteroatoms. The fourth-order valence-electron chi connectivity index (χ4n) is 4.49. The number of nitrogens with zero attached hydrogens (tertiary/aromatic N) is 4. The Hall–Kier alpha value is -2.44. The molecule has 0 unspecified atom stereocenters. The van der Waals surface area contributed by atoms with Gasteiger partial charge in [-0.3, -0.25) is 9.80 Å². The average molecular weight is 411 g/mol. The third kappa shape index (κ3) is 4.82. The number of benzene rings is 2. The van der Waals surface area contributed by atoms with Gasteiger partial charge in [0.15, 0.2) is 0 Å². The van der Waals surface area contributed by atoms with E-state index in [1.54, 1.807) is 14.2 Å². The minimum atomic E-state index is 0.971. The van der Waals surface area contributed by atoms with Crippen LogP contribution >= 0.6 is 0 Å². The fraction of sp³-hybridized carbons (Fsp3) is 0.500. The Morgan fingerprint density at radius 2 is 0.933 bits per heavy atom. The van der Waals surface area contributed by atoms with Gasteiger partial charge in [-0.25, -0.2) is 0 Å².